The van der Waals surface area contributed by atoms with Crippen LogP contribution in [0.1, 0.15) is 18.2 Å². The number of fused-ring (bicyclic) bond motifs is 1. The van der Waals surface area contributed by atoms with E-state index < -0.39 is 17.8 Å². The van der Waals surface area contributed by atoms with Crippen LogP contribution in [-0.4, -0.2) is 21.4 Å². The molecule has 1 aromatic carbocycles. The molecule has 3 rings (SSSR count). The van der Waals surface area contributed by atoms with E-state index in [1.807, 2.05) is 13.0 Å². The van der Waals surface area contributed by atoms with E-state index in [9.17, 15) is 14.0 Å². The number of nitrogens with one attached hydrogen (secondary N) is 1. The molecule has 3 aromatic rings. The van der Waals surface area contributed by atoms with E-state index in [1.165, 1.54) is 29.5 Å². The molecule has 0 spiro atoms. The Balaban J connectivity index is 1.87. The highest BCUT2D eigenvalue weighted by Crippen LogP contribution is 2.18. The summed E-state index contributed by atoms with van der Waals surface area (Å²) in [5.74, 6) is -1.16. The lowest BCUT2D eigenvalue weighted by atomic mass is 10.2. The number of hydrogen-bond donors (Lipinski definition) is 1. The van der Waals surface area contributed by atoms with Crippen molar-refractivity contribution in [2.45, 2.75) is 26.9 Å². The average Bonchev–Trinajstić information content (AvgIpc) is 2.61. The Hall–Kier alpha value is -3.22. The number of rotatable bonds is 4. The van der Waals surface area contributed by atoms with Gasteiger partial charge in [0.2, 0.25) is 0 Å². The molecule has 2 heterocycles. The van der Waals surface area contributed by atoms with E-state index in [1.54, 1.807) is 25.3 Å². The Morgan fingerprint density at radius 1 is 1.23 bits per heavy atom. The van der Waals surface area contributed by atoms with E-state index >= 15 is 0 Å². The third-order valence-electron chi connectivity index (χ3n) is 3.91. The molecule has 6 nitrogen and oxygen atoms in total. The number of amides is 1. The van der Waals surface area contributed by atoms with Gasteiger partial charge in [-0.3, -0.25) is 14.0 Å². The predicted molar refractivity (Wildman–Crippen MR) is 96.1 cm³/mol. The van der Waals surface area contributed by atoms with Crippen molar-refractivity contribution < 1.29 is 13.9 Å². The zero-order chi connectivity index (χ0) is 18.8. The summed E-state index contributed by atoms with van der Waals surface area (Å²) in [5, 5.41) is 2.55. The molecule has 0 radical (unpaired) electrons. The minimum atomic E-state index is -0.996. The molecule has 1 atom stereocenters. The van der Waals surface area contributed by atoms with Gasteiger partial charge in [-0.1, -0.05) is 18.2 Å². The van der Waals surface area contributed by atoms with Crippen LogP contribution < -0.4 is 15.6 Å². The van der Waals surface area contributed by atoms with E-state index in [0.29, 0.717) is 11.3 Å². The molecule has 7 heteroatoms. The third kappa shape index (κ3) is 3.42. The fraction of sp³-hybridized carbons (Fsp3) is 0.211. The summed E-state index contributed by atoms with van der Waals surface area (Å²) >= 11 is 0. The van der Waals surface area contributed by atoms with Gasteiger partial charge in [-0.25, -0.2) is 9.37 Å². The zero-order valence-electron chi connectivity index (χ0n) is 14.6. The number of carbonyl (C=O) groups excluding carboxylic acids is 1. The van der Waals surface area contributed by atoms with E-state index in [4.69, 9.17) is 4.74 Å². The number of carbonyl (C=O) groups is 1. The first-order valence-electron chi connectivity index (χ1n) is 8.08. The lowest BCUT2D eigenvalue weighted by Gasteiger charge is -2.16. The summed E-state index contributed by atoms with van der Waals surface area (Å²) in [5.41, 5.74) is 1.46. The molecule has 26 heavy (non-hydrogen) atoms. The number of anilines is 1. The van der Waals surface area contributed by atoms with Gasteiger partial charge in [-0.15, -0.1) is 0 Å². The second kappa shape index (κ2) is 6.95. The molecular formula is C19H18FN3O3. The molecule has 1 amide bonds. The van der Waals surface area contributed by atoms with Crippen LogP contribution in [-0.2, 0) is 4.79 Å². The maximum Gasteiger partial charge on any atom is 0.281 e. The highest BCUT2D eigenvalue weighted by atomic mass is 19.1. The number of hydrogen-bond acceptors (Lipinski definition) is 4. The minimum Gasteiger partial charge on any atom is -0.478 e. The lowest BCUT2D eigenvalue weighted by molar-refractivity contribution is -0.122. The van der Waals surface area contributed by atoms with Gasteiger partial charge in [0.15, 0.2) is 17.7 Å². The van der Waals surface area contributed by atoms with Crippen LogP contribution in [0.2, 0.25) is 0 Å². The van der Waals surface area contributed by atoms with Crippen molar-refractivity contribution in [3.63, 3.8) is 0 Å². The molecule has 0 aliphatic rings. The molecule has 134 valence electrons. The summed E-state index contributed by atoms with van der Waals surface area (Å²) in [7, 11) is 0. The molecule has 2 aromatic heterocycles. The summed E-state index contributed by atoms with van der Waals surface area (Å²) in [6, 6.07) is 9.39. The Morgan fingerprint density at radius 2 is 1.96 bits per heavy atom. The monoisotopic (exact) mass is 355 g/mol. The highest BCUT2D eigenvalue weighted by Gasteiger charge is 2.20. The summed E-state index contributed by atoms with van der Waals surface area (Å²) in [6.45, 7) is 4.97. The number of aromatic nitrogens is 2. The second-order valence-electron chi connectivity index (χ2n) is 5.99. The van der Waals surface area contributed by atoms with Crippen LogP contribution in [0, 0.1) is 19.7 Å². The Bertz CT molecular complexity index is 1050. The number of benzene rings is 1. The van der Waals surface area contributed by atoms with Gasteiger partial charge in [-0.2, -0.15) is 0 Å². The molecule has 0 saturated heterocycles. The number of aryl methyl sites for hydroxylation is 2. The second-order valence-corrected chi connectivity index (χ2v) is 5.99. The van der Waals surface area contributed by atoms with Crippen molar-refractivity contribution in [3.05, 3.63) is 70.0 Å². The van der Waals surface area contributed by atoms with Crippen molar-refractivity contribution in [3.8, 4) is 5.75 Å². The predicted octanol–water partition coefficient (Wildman–Crippen LogP) is 2.86. The molecule has 1 N–H and O–H groups in total. The van der Waals surface area contributed by atoms with Crippen LogP contribution in [0.15, 0.2) is 47.4 Å². The maximum atomic E-state index is 13.7. The normalized spacial score (nSPS) is 12.0. The van der Waals surface area contributed by atoms with Crippen LogP contribution in [0.3, 0.4) is 0 Å². The van der Waals surface area contributed by atoms with Crippen molar-refractivity contribution in [1.82, 2.24) is 9.38 Å². The number of nitrogens with zero attached hydrogens (tertiary/aromatic N) is 2. The van der Waals surface area contributed by atoms with Crippen molar-refractivity contribution >= 4 is 17.2 Å². The maximum absolute atomic E-state index is 13.7. The number of para-hydroxylation sites is 1. The quantitative estimate of drug-likeness (QED) is 0.781. The van der Waals surface area contributed by atoms with Gasteiger partial charge in [-0.05, 0) is 44.5 Å². The molecule has 0 unspecified atom stereocenters. The summed E-state index contributed by atoms with van der Waals surface area (Å²) in [6.07, 6.45) is 0.655. The summed E-state index contributed by atoms with van der Waals surface area (Å²) < 4.78 is 20.4. The van der Waals surface area contributed by atoms with Crippen LogP contribution in [0.5, 0.6) is 5.75 Å². The third-order valence-corrected chi connectivity index (χ3v) is 3.91. The largest absolute Gasteiger partial charge is 0.478 e. The standard InChI is InChI=1S/C19H18FN3O3/c1-11-8-9-16-21-12(2)17(19(25)23(16)10-11)22-18(24)13(3)26-15-7-5-4-6-14(15)20/h4-10,13H,1-3H3,(H,22,24)/t13-/m1/s1. The Kier molecular flexibility index (Phi) is 4.71. The Labute approximate surface area is 149 Å². The number of pyridine rings is 1. The van der Waals surface area contributed by atoms with Gasteiger partial charge in [0, 0.05) is 6.20 Å². The van der Waals surface area contributed by atoms with Gasteiger partial charge in [0.1, 0.15) is 11.3 Å². The van der Waals surface area contributed by atoms with E-state index in [2.05, 4.69) is 10.3 Å². The van der Waals surface area contributed by atoms with Gasteiger partial charge in [0.05, 0.1) is 5.69 Å². The minimum absolute atomic E-state index is 0.0316. The molecule has 0 bridgehead atoms. The van der Waals surface area contributed by atoms with Crippen LogP contribution >= 0.6 is 0 Å². The van der Waals surface area contributed by atoms with Crippen LogP contribution in [0.4, 0.5) is 10.1 Å². The number of ether oxygens (including phenoxy) is 1. The SMILES string of the molecule is Cc1ccc2nc(C)c(NC(=O)[C@@H](C)Oc3ccccc3F)c(=O)n2c1. The number of halogens is 1. The molecule has 0 saturated carbocycles. The van der Waals surface area contributed by atoms with Crippen LogP contribution in [0.25, 0.3) is 5.65 Å². The smallest absolute Gasteiger partial charge is 0.281 e. The first-order valence-corrected chi connectivity index (χ1v) is 8.08. The van der Waals surface area contributed by atoms with E-state index in [-0.39, 0.29) is 17.0 Å². The van der Waals surface area contributed by atoms with Crippen molar-refractivity contribution in [2.75, 3.05) is 5.32 Å². The molecule has 0 aliphatic heterocycles. The fourth-order valence-corrected chi connectivity index (χ4v) is 2.51. The van der Waals surface area contributed by atoms with E-state index in [0.717, 1.165) is 5.56 Å². The zero-order valence-corrected chi connectivity index (χ0v) is 14.6. The molecular weight excluding hydrogens is 337 g/mol. The van der Waals surface area contributed by atoms with Gasteiger partial charge < -0.3 is 10.1 Å². The highest BCUT2D eigenvalue weighted by molar-refractivity contribution is 5.94. The first kappa shape index (κ1) is 17.6. The molecule has 0 aliphatic carbocycles. The average molecular weight is 355 g/mol. The summed E-state index contributed by atoms with van der Waals surface area (Å²) in [4.78, 5) is 29.4. The molecule has 0 fully saturated rings. The Morgan fingerprint density at radius 3 is 2.69 bits per heavy atom. The van der Waals surface area contributed by atoms with Gasteiger partial charge >= 0.3 is 0 Å². The lowest BCUT2D eigenvalue weighted by Crippen LogP contribution is -2.34. The van der Waals surface area contributed by atoms with Crippen molar-refractivity contribution in [1.29, 1.82) is 0 Å². The topological polar surface area (TPSA) is 72.7 Å². The first-order chi connectivity index (χ1) is 12.4. The van der Waals surface area contributed by atoms with Gasteiger partial charge in [0.25, 0.3) is 11.5 Å². The van der Waals surface area contributed by atoms with Crippen molar-refractivity contribution in [2.24, 2.45) is 0 Å². The fourth-order valence-electron chi connectivity index (χ4n) is 2.51.